The van der Waals surface area contributed by atoms with Crippen LogP contribution in [-0.4, -0.2) is 17.5 Å². The predicted molar refractivity (Wildman–Crippen MR) is 67.0 cm³/mol. The summed E-state index contributed by atoms with van der Waals surface area (Å²) in [5.74, 6) is 0.552. The summed E-state index contributed by atoms with van der Waals surface area (Å²) in [6, 6.07) is 7.81. The first-order chi connectivity index (χ1) is 8.25. The lowest BCUT2D eigenvalue weighted by Gasteiger charge is -2.27. The van der Waals surface area contributed by atoms with E-state index in [1.807, 2.05) is 24.3 Å². The van der Waals surface area contributed by atoms with Gasteiger partial charge in [-0.3, -0.25) is 0 Å². The number of aliphatic hydroxyl groups is 1. The third-order valence-corrected chi connectivity index (χ3v) is 4.31. The first-order valence-electron chi connectivity index (χ1n) is 6.35. The van der Waals surface area contributed by atoms with Gasteiger partial charge in [0.1, 0.15) is 0 Å². The van der Waals surface area contributed by atoms with Crippen molar-refractivity contribution in [2.24, 2.45) is 5.92 Å². The van der Waals surface area contributed by atoms with Gasteiger partial charge in [0, 0.05) is 10.9 Å². The van der Waals surface area contributed by atoms with E-state index in [1.165, 1.54) is 12.8 Å². The van der Waals surface area contributed by atoms with Crippen LogP contribution < -0.4 is 0 Å². The smallest absolute Gasteiger partial charge is 0.162 e. The molecule has 1 aliphatic carbocycles. The summed E-state index contributed by atoms with van der Waals surface area (Å²) in [4.78, 5) is 0. The molecule has 1 N–H and O–H groups in total. The number of hydrogen-bond donors (Lipinski definition) is 1. The van der Waals surface area contributed by atoms with E-state index in [9.17, 15) is 5.11 Å². The normalized spacial score (nSPS) is 36.8. The number of aliphatic hydroxyl groups excluding tert-OH is 1. The van der Waals surface area contributed by atoms with E-state index in [-0.39, 0.29) is 12.0 Å². The molecule has 1 heterocycles. The average Bonchev–Trinajstić information content (AvgIpc) is 2.64. The highest BCUT2D eigenvalue weighted by Gasteiger charge is 2.45. The number of ether oxygens (including phenoxy) is 1. The Morgan fingerprint density at radius 1 is 1.24 bits per heavy atom. The molecule has 1 saturated heterocycles. The summed E-state index contributed by atoms with van der Waals surface area (Å²) in [6.45, 7) is 0. The summed E-state index contributed by atoms with van der Waals surface area (Å²) < 4.78 is 5.68. The van der Waals surface area contributed by atoms with Crippen molar-refractivity contribution < 1.29 is 9.84 Å². The van der Waals surface area contributed by atoms with Crippen LogP contribution in [0.1, 0.15) is 37.2 Å². The van der Waals surface area contributed by atoms with Gasteiger partial charge in [-0.2, -0.15) is 0 Å². The summed E-state index contributed by atoms with van der Waals surface area (Å²) in [5, 5.41) is 10.8. The Bertz CT molecular complexity index is 407. The highest BCUT2D eigenvalue weighted by Crippen LogP contribution is 2.46. The van der Waals surface area contributed by atoms with Crippen LogP contribution in [0.4, 0.5) is 0 Å². The van der Waals surface area contributed by atoms with E-state index >= 15 is 0 Å². The minimum atomic E-state index is -0.665. The lowest BCUT2D eigenvalue weighted by molar-refractivity contribution is -0.101. The fraction of sp³-hybridized carbons (Fsp3) is 0.571. The molecule has 0 aromatic heterocycles. The Morgan fingerprint density at radius 3 is 2.88 bits per heavy atom. The fourth-order valence-electron chi connectivity index (χ4n) is 3.31. The molecule has 0 amide bonds. The third kappa shape index (κ3) is 2.10. The zero-order chi connectivity index (χ0) is 11.8. The summed E-state index contributed by atoms with van der Waals surface area (Å²) in [6.07, 6.45) is 4.27. The van der Waals surface area contributed by atoms with Crippen molar-refractivity contribution in [2.45, 2.75) is 44.0 Å². The highest BCUT2D eigenvalue weighted by atomic mass is 35.5. The first-order valence-corrected chi connectivity index (χ1v) is 6.72. The Labute approximate surface area is 107 Å². The zero-order valence-electron chi connectivity index (χ0n) is 9.68. The molecule has 17 heavy (non-hydrogen) atoms. The van der Waals surface area contributed by atoms with Gasteiger partial charge >= 0.3 is 0 Å². The molecular formula is C14H17ClO2. The molecule has 92 valence electrons. The summed E-state index contributed by atoms with van der Waals surface area (Å²) in [5.41, 5.74) is 1.11. The summed E-state index contributed by atoms with van der Waals surface area (Å²) >= 11 is 6.02. The van der Waals surface area contributed by atoms with Crippen molar-refractivity contribution in [3.8, 4) is 0 Å². The van der Waals surface area contributed by atoms with Gasteiger partial charge < -0.3 is 9.84 Å². The SMILES string of the molecule is O[C@@H]1O[C@@H]2CCCC[C@H]2[C@H]1c1cccc(Cl)c1. The van der Waals surface area contributed by atoms with Gasteiger partial charge in [0.25, 0.3) is 0 Å². The number of halogens is 1. The first kappa shape index (κ1) is 11.5. The molecule has 1 aromatic rings. The van der Waals surface area contributed by atoms with Crippen LogP contribution in [0.3, 0.4) is 0 Å². The van der Waals surface area contributed by atoms with Crippen molar-refractivity contribution in [3.63, 3.8) is 0 Å². The lowest BCUT2D eigenvalue weighted by Crippen LogP contribution is -2.23. The van der Waals surface area contributed by atoms with Crippen LogP contribution in [0.25, 0.3) is 0 Å². The van der Waals surface area contributed by atoms with Crippen LogP contribution in [0.15, 0.2) is 24.3 Å². The molecule has 0 spiro atoms. The van der Waals surface area contributed by atoms with Gasteiger partial charge in [-0.25, -0.2) is 0 Å². The Morgan fingerprint density at radius 2 is 2.06 bits per heavy atom. The zero-order valence-corrected chi connectivity index (χ0v) is 10.4. The van der Waals surface area contributed by atoms with Crippen molar-refractivity contribution in [1.82, 2.24) is 0 Å². The summed E-state index contributed by atoms with van der Waals surface area (Å²) in [7, 11) is 0. The highest BCUT2D eigenvalue weighted by molar-refractivity contribution is 6.30. The molecule has 2 nitrogen and oxygen atoms in total. The van der Waals surface area contributed by atoms with Crippen molar-refractivity contribution in [1.29, 1.82) is 0 Å². The van der Waals surface area contributed by atoms with Crippen molar-refractivity contribution in [2.75, 3.05) is 0 Å². The molecule has 3 rings (SSSR count). The van der Waals surface area contributed by atoms with E-state index in [0.29, 0.717) is 5.92 Å². The van der Waals surface area contributed by atoms with Gasteiger partial charge in [0.2, 0.25) is 0 Å². The molecule has 2 aliphatic rings. The molecule has 2 fully saturated rings. The number of benzene rings is 1. The van der Waals surface area contributed by atoms with Crippen molar-refractivity contribution >= 4 is 11.6 Å². The molecule has 1 saturated carbocycles. The molecule has 4 atom stereocenters. The molecular weight excluding hydrogens is 236 g/mol. The van der Waals surface area contributed by atoms with E-state index in [0.717, 1.165) is 23.4 Å². The van der Waals surface area contributed by atoms with E-state index < -0.39 is 6.29 Å². The largest absolute Gasteiger partial charge is 0.367 e. The van der Waals surface area contributed by atoms with Crippen LogP contribution in [0.5, 0.6) is 0 Å². The number of fused-ring (bicyclic) bond motifs is 1. The maximum Gasteiger partial charge on any atom is 0.162 e. The molecule has 1 aliphatic heterocycles. The fourth-order valence-corrected chi connectivity index (χ4v) is 3.50. The number of hydrogen-bond acceptors (Lipinski definition) is 2. The Hall–Kier alpha value is -0.570. The Balaban J connectivity index is 1.90. The molecule has 3 heteroatoms. The van der Waals surface area contributed by atoms with Gasteiger partial charge in [-0.15, -0.1) is 0 Å². The molecule has 0 radical (unpaired) electrons. The van der Waals surface area contributed by atoms with Crippen LogP contribution in [0.2, 0.25) is 5.02 Å². The van der Waals surface area contributed by atoms with Gasteiger partial charge in [0.05, 0.1) is 6.10 Å². The van der Waals surface area contributed by atoms with Crippen LogP contribution in [0, 0.1) is 5.92 Å². The van der Waals surface area contributed by atoms with E-state index in [1.54, 1.807) is 0 Å². The standard InChI is InChI=1S/C14H17ClO2/c15-10-5-3-4-9(8-10)13-11-6-1-2-7-12(11)17-14(13)16/h3-5,8,11-14,16H,1-2,6-7H2/t11-,12-,13-,14-/m1/s1. The van der Waals surface area contributed by atoms with E-state index in [2.05, 4.69) is 0 Å². The predicted octanol–water partition coefficient (Wildman–Crippen LogP) is 3.33. The lowest BCUT2D eigenvalue weighted by atomic mass is 9.77. The monoisotopic (exact) mass is 252 g/mol. The Kier molecular flexibility index (Phi) is 3.12. The molecule has 1 aromatic carbocycles. The maximum absolute atomic E-state index is 10.1. The topological polar surface area (TPSA) is 29.5 Å². The second-order valence-electron chi connectivity index (χ2n) is 5.09. The van der Waals surface area contributed by atoms with Crippen LogP contribution in [-0.2, 0) is 4.74 Å². The maximum atomic E-state index is 10.1. The molecule has 0 bridgehead atoms. The van der Waals surface area contributed by atoms with Gasteiger partial charge in [0.15, 0.2) is 6.29 Å². The minimum Gasteiger partial charge on any atom is -0.367 e. The van der Waals surface area contributed by atoms with Gasteiger partial charge in [-0.05, 0) is 36.5 Å². The molecule has 0 unspecified atom stereocenters. The second kappa shape index (κ2) is 4.60. The van der Waals surface area contributed by atoms with E-state index in [4.69, 9.17) is 16.3 Å². The van der Waals surface area contributed by atoms with Crippen molar-refractivity contribution in [3.05, 3.63) is 34.9 Å². The quantitative estimate of drug-likeness (QED) is 0.831. The van der Waals surface area contributed by atoms with Crippen LogP contribution >= 0.6 is 11.6 Å². The second-order valence-corrected chi connectivity index (χ2v) is 5.53. The number of rotatable bonds is 1. The van der Waals surface area contributed by atoms with Gasteiger partial charge in [-0.1, -0.05) is 36.6 Å². The minimum absolute atomic E-state index is 0.0963. The average molecular weight is 253 g/mol. The third-order valence-electron chi connectivity index (χ3n) is 4.07.